The minimum atomic E-state index is -0.339. The van der Waals surface area contributed by atoms with Crippen LogP contribution < -0.4 is 5.63 Å². The van der Waals surface area contributed by atoms with Crippen LogP contribution in [0, 0.1) is 5.92 Å². The number of carbonyl (C=O) groups is 1. The molecule has 1 aromatic heterocycles. The molecular formula is C22H27ClN2O4. The van der Waals surface area contributed by atoms with Crippen LogP contribution in [0.1, 0.15) is 30.9 Å². The molecule has 0 unspecified atom stereocenters. The maximum absolute atomic E-state index is 12.7. The van der Waals surface area contributed by atoms with Gasteiger partial charge in [-0.2, -0.15) is 0 Å². The maximum atomic E-state index is 12.7. The summed E-state index contributed by atoms with van der Waals surface area (Å²) in [5.74, 6) is 0.348. The summed E-state index contributed by atoms with van der Waals surface area (Å²) < 4.78 is 10.8. The second-order valence-electron chi connectivity index (χ2n) is 7.87. The van der Waals surface area contributed by atoms with Gasteiger partial charge in [-0.1, -0.05) is 18.5 Å². The summed E-state index contributed by atoms with van der Waals surface area (Å²) in [6.45, 7) is 7.02. The number of benzene rings is 1. The summed E-state index contributed by atoms with van der Waals surface area (Å²) in [4.78, 5) is 29.0. The van der Waals surface area contributed by atoms with Crippen molar-refractivity contribution in [1.82, 2.24) is 9.80 Å². The van der Waals surface area contributed by atoms with Gasteiger partial charge < -0.3 is 14.1 Å². The summed E-state index contributed by atoms with van der Waals surface area (Å²) in [5.41, 5.74) is 2.15. The molecule has 0 saturated carbocycles. The van der Waals surface area contributed by atoms with Crippen LogP contribution in [-0.4, -0.2) is 55.1 Å². The third-order valence-electron chi connectivity index (χ3n) is 6.03. The average molecular weight is 419 g/mol. The Balaban J connectivity index is 1.45. The number of piperidine rings is 1. The number of amides is 1. The first-order valence-corrected chi connectivity index (χ1v) is 10.8. The fourth-order valence-electron chi connectivity index (χ4n) is 4.31. The van der Waals surface area contributed by atoms with E-state index in [9.17, 15) is 9.59 Å². The number of aryl methyl sites for hydroxylation is 1. The molecule has 0 radical (unpaired) electrons. The topological polar surface area (TPSA) is 63.0 Å². The second kappa shape index (κ2) is 8.86. The molecule has 6 nitrogen and oxygen atoms in total. The first-order chi connectivity index (χ1) is 14.0. The molecule has 0 N–H and O–H groups in total. The van der Waals surface area contributed by atoms with E-state index < -0.39 is 0 Å². The lowest BCUT2D eigenvalue weighted by molar-refractivity contribution is -0.141. The number of rotatable bonds is 4. The Kier molecular flexibility index (Phi) is 6.23. The van der Waals surface area contributed by atoms with Crippen LogP contribution in [0.4, 0.5) is 0 Å². The van der Waals surface area contributed by atoms with Crippen LogP contribution >= 0.6 is 11.6 Å². The monoisotopic (exact) mass is 418 g/mol. The van der Waals surface area contributed by atoms with Gasteiger partial charge in [-0.15, -0.1) is 0 Å². The third-order valence-corrected chi connectivity index (χ3v) is 6.38. The van der Waals surface area contributed by atoms with Crippen LogP contribution in [0.2, 0.25) is 5.02 Å². The van der Waals surface area contributed by atoms with Gasteiger partial charge in [0.1, 0.15) is 5.58 Å². The molecule has 2 fully saturated rings. The average Bonchev–Trinajstić information content (AvgIpc) is 2.74. The Bertz CT molecular complexity index is 944. The van der Waals surface area contributed by atoms with Crippen molar-refractivity contribution in [2.75, 3.05) is 39.4 Å². The predicted molar refractivity (Wildman–Crippen MR) is 112 cm³/mol. The highest BCUT2D eigenvalue weighted by Crippen LogP contribution is 2.28. The highest BCUT2D eigenvalue weighted by Gasteiger charge is 2.29. The normalized spacial score (nSPS) is 19.0. The molecule has 29 heavy (non-hydrogen) atoms. The minimum absolute atomic E-state index is 0.0866. The van der Waals surface area contributed by atoms with Gasteiger partial charge in [0.15, 0.2) is 0 Å². The number of nitrogens with zero attached hydrogens (tertiary/aromatic N) is 2. The second-order valence-corrected chi connectivity index (χ2v) is 8.28. The van der Waals surface area contributed by atoms with Crippen molar-refractivity contribution in [1.29, 1.82) is 0 Å². The molecule has 7 heteroatoms. The van der Waals surface area contributed by atoms with E-state index >= 15 is 0 Å². The number of hydrogen-bond acceptors (Lipinski definition) is 5. The first kappa shape index (κ1) is 20.4. The predicted octanol–water partition coefficient (Wildman–Crippen LogP) is 3.08. The lowest BCUT2D eigenvalue weighted by Crippen LogP contribution is -2.46. The summed E-state index contributed by atoms with van der Waals surface area (Å²) in [7, 11) is 0. The number of ether oxygens (including phenoxy) is 1. The van der Waals surface area contributed by atoms with E-state index in [0.717, 1.165) is 48.9 Å². The number of likely N-dealkylation sites (tertiary alicyclic amines) is 1. The molecule has 0 spiro atoms. The molecule has 0 atom stereocenters. The SMILES string of the molecule is CCc1cc2oc(=O)cc(CN3CCC(C(=O)N4CCOCC4)CC3)c2cc1Cl. The van der Waals surface area contributed by atoms with Gasteiger partial charge in [-0.3, -0.25) is 9.69 Å². The highest BCUT2D eigenvalue weighted by atomic mass is 35.5. The molecule has 2 saturated heterocycles. The lowest BCUT2D eigenvalue weighted by atomic mass is 9.94. The number of halogens is 1. The van der Waals surface area contributed by atoms with Crippen LogP contribution in [0.5, 0.6) is 0 Å². The number of fused-ring (bicyclic) bond motifs is 1. The zero-order valence-corrected chi connectivity index (χ0v) is 17.5. The molecule has 1 amide bonds. The van der Waals surface area contributed by atoms with Gasteiger partial charge >= 0.3 is 5.63 Å². The quantitative estimate of drug-likeness (QED) is 0.714. The Morgan fingerprint density at radius 1 is 1.10 bits per heavy atom. The van der Waals surface area contributed by atoms with Gasteiger partial charge in [-0.25, -0.2) is 4.79 Å². The third kappa shape index (κ3) is 4.49. The van der Waals surface area contributed by atoms with Crippen molar-refractivity contribution in [3.8, 4) is 0 Å². The van der Waals surface area contributed by atoms with Crippen LogP contribution in [0.3, 0.4) is 0 Å². The Hall–Kier alpha value is -1.89. The van der Waals surface area contributed by atoms with E-state index in [-0.39, 0.29) is 17.5 Å². The van der Waals surface area contributed by atoms with Gasteiger partial charge in [0.25, 0.3) is 0 Å². The van der Waals surface area contributed by atoms with Crippen molar-refractivity contribution in [3.05, 3.63) is 44.8 Å². The zero-order valence-electron chi connectivity index (χ0n) is 16.8. The standard InChI is InChI=1S/C22H27ClN2O4/c1-2-15-11-20-18(13-19(15)23)17(12-21(26)29-20)14-24-5-3-16(4-6-24)22(27)25-7-9-28-10-8-25/h11-13,16H,2-10,14H2,1H3. The van der Waals surface area contributed by atoms with E-state index in [2.05, 4.69) is 4.90 Å². The highest BCUT2D eigenvalue weighted by molar-refractivity contribution is 6.32. The van der Waals surface area contributed by atoms with Crippen molar-refractivity contribution in [2.24, 2.45) is 5.92 Å². The molecular weight excluding hydrogens is 392 g/mol. The van der Waals surface area contributed by atoms with Crippen molar-refractivity contribution in [2.45, 2.75) is 32.7 Å². The maximum Gasteiger partial charge on any atom is 0.336 e. The van der Waals surface area contributed by atoms with E-state index in [1.54, 1.807) is 6.07 Å². The van der Waals surface area contributed by atoms with Gasteiger partial charge in [0, 0.05) is 42.0 Å². The fraction of sp³-hybridized carbons (Fsp3) is 0.545. The van der Waals surface area contributed by atoms with E-state index in [1.807, 2.05) is 24.0 Å². The molecule has 0 aliphatic carbocycles. The first-order valence-electron chi connectivity index (χ1n) is 10.4. The molecule has 156 valence electrons. The number of morpholine rings is 1. The van der Waals surface area contributed by atoms with Crippen molar-refractivity contribution < 1.29 is 13.9 Å². The molecule has 3 heterocycles. The molecule has 4 rings (SSSR count). The van der Waals surface area contributed by atoms with E-state index in [4.69, 9.17) is 20.8 Å². The summed E-state index contributed by atoms with van der Waals surface area (Å²) >= 11 is 6.40. The number of carbonyl (C=O) groups excluding carboxylic acids is 1. The van der Waals surface area contributed by atoms with Crippen molar-refractivity contribution >= 4 is 28.5 Å². The van der Waals surface area contributed by atoms with Crippen LogP contribution in [0.15, 0.2) is 27.4 Å². The molecule has 2 aliphatic heterocycles. The van der Waals surface area contributed by atoms with Crippen molar-refractivity contribution in [3.63, 3.8) is 0 Å². The van der Waals surface area contributed by atoms with Crippen LogP contribution in [0.25, 0.3) is 11.0 Å². The summed E-state index contributed by atoms with van der Waals surface area (Å²) in [5, 5.41) is 1.59. The Morgan fingerprint density at radius 3 is 2.52 bits per heavy atom. The number of hydrogen-bond donors (Lipinski definition) is 0. The van der Waals surface area contributed by atoms with E-state index in [0.29, 0.717) is 43.5 Å². The van der Waals surface area contributed by atoms with Gasteiger partial charge in [0.2, 0.25) is 5.91 Å². The molecule has 2 aromatic rings. The summed E-state index contributed by atoms with van der Waals surface area (Å²) in [6.07, 6.45) is 2.47. The van der Waals surface area contributed by atoms with Crippen LogP contribution in [-0.2, 0) is 22.5 Å². The molecule has 1 aromatic carbocycles. The van der Waals surface area contributed by atoms with Gasteiger partial charge in [0.05, 0.1) is 13.2 Å². The smallest absolute Gasteiger partial charge is 0.336 e. The Morgan fingerprint density at radius 2 is 1.83 bits per heavy atom. The fourth-order valence-corrected chi connectivity index (χ4v) is 4.61. The molecule has 0 bridgehead atoms. The minimum Gasteiger partial charge on any atom is -0.423 e. The van der Waals surface area contributed by atoms with E-state index in [1.165, 1.54) is 0 Å². The zero-order chi connectivity index (χ0) is 20.4. The Labute approximate surface area is 175 Å². The largest absolute Gasteiger partial charge is 0.423 e. The lowest BCUT2D eigenvalue weighted by Gasteiger charge is -2.35. The molecule has 2 aliphatic rings. The summed E-state index contributed by atoms with van der Waals surface area (Å²) in [6, 6.07) is 5.34. The van der Waals surface area contributed by atoms with Gasteiger partial charge in [-0.05, 0) is 55.6 Å².